The zero-order valence-corrected chi connectivity index (χ0v) is 19.7. The molecule has 0 amide bonds. The molecule has 0 aliphatic rings. The van der Waals surface area contributed by atoms with Crippen molar-refractivity contribution in [3.63, 3.8) is 0 Å². The number of benzene rings is 1. The number of aliphatic hydroxyl groups excluding tert-OH is 1. The number of fused-ring (bicyclic) bond motifs is 3. The van der Waals surface area contributed by atoms with Gasteiger partial charge < -0.3 is 9.67 Å². The molecule has 0 fully saturated rings. The van der Waals surface area contributed by atoms with E-state index in [1.165, 1.54) is 33.3 Å². The molecule has 0 spiro atoms. The van der Waals surface area contributed by atoms with Crippen molar-refractivity contribution in [2.24, 2.45) is 0 Å². The predicted octanol–water partition coefficient (Wildman–Crippen LogP) is 5.62. The number of aromatic nitrogens is 4. The second-order valence-corrected chi connectivity index (χ2v) is 8.87. The van der Waals surface area contributed by atoms with E-state index in [4.69, 9.17) is 10.1 Å². The molecule has 0 saturated heterocycles. The minimum absolute atomic E-state index is 0.231. The summed E-state index contributed by atoms with van der Waals surface area (Å²) in [5.74, 6) is 0. The average Bonchev–Trinajstić information content (AvgIpc) is 3.21. The highest BCUT2D eigenvalue weighted by Gasteiger charge is 2.22. The molecule has 1 N–H and O–H groups in total. The molecule has 4 aromatic rings. The molecule has 0 saturated carbocycles. The number of aliphatic hydroxyl groups is 1. The Labute approximate surface area is 184 Å². The second-order valence-electron chi connectivity index (χ2n) is 8.87. The van der Waals surface area contributed by atoms with E-state index in [9.17, 15) is 5.11 Å². The lowest BCUT2D eigenvalue weighted by Gasteiger charge is -2.13. The van der Waals surface area contributed by atoms with Gasteiger partial charge in [0.15, 0.2) is 5.65 Å². The summed E-state index contributed by atoms with van der Waals surface area (Å²) < 4.78 is 4.46. The molecule has 31 heavy (non-hydrogen) atoms. The Balaban J connectivity index is 2.04. The van der Waals surface area contributed by atoms with Crippen LogP contribution in [-0.2, 0) is 13.0 Å². The van der Waals surface area contributed by atoms with Crippen LogP contribution in [0.3, 0.4) is 0 Å². The Morgan fingerprint density at radius 2 is 1.61 bits per heavy atom. The fraction of sp³-hybridized carbons (Fsp3) is 0.462. The van der Waals surface area contributed by atoms with Gasteiger partial charge in [-0.1, -0.05) is 31.0 Å². The summed E-state index contributed by atoms with van der Waals surface area (Å²) in [5, 5.41) is 15.5. The molecule has 0 unspecified atom stereocenters. The third-order valence-corrected chi connectivity index (χ3v) is 6.28. The highest BCUT2D eigenvalue weighted by molar-refractivity contribution is 5.90. The van der Waals surface area contributed by atoms with Gasteiger partial charge in [-0.3, -0.25) is 0 Å². The van der Waals surface area contributed by atoms with Crippen LogP contribution in [0.4, 0.5) is 0 Å². The van der Waals surface area contributed by atoms with E-state index < -0.39 is 0 Å². The summed E-state index contributed by atoms with van der Waals surface area (Å²) in [5.41, 5.74) is 11.6. The smallest absolute Gasteiger partial charge is 0.165 e. The van der Waals surface area contributed by atoms with Crippen LogP contribution in [0.15, 0.2) is 18.2 Å². The quantitative estimate of drug-likeness (QED) is 0.396. The lowest BCUT2D eigenvalue weighted by atomic mass is 9.94. The lowest BCUT2D eigenvalue weighted by molar-refractivity contribution is 0.281. The van der Waals surface area contributed by atoms with E-state index in [2.05, 4.69) is 68.8 Å². The zero-order chi connectivity index (χ0) is 22.3. The van der Waals surface area contributed by atoms with Crippen LogP contribution in [0, 0.1) is 34.6 Å². The molecule has 0 radical (unpaired) electrons. The summed E-state index contributed by atoms with van der Waals surface area (Å²) in [6.45, 7) is 14.0. The highest BCUT2D eigenvalue weighted by Crippen LogP contribution is 2.36. The van der Waals surface area contributed by atoms with Gasteiger partial charge in [0, 0.05) is 24.2 Å². The fourth-order valence-electron chi connectivity index (χ4n) is 5.03. The number of aryl methyl sites for hydroxylation is 7. The van der Waals surface area contributed by atoms with Crippen molar-refractivity contribution in [2.45, 2.75) is 73.8 Å². The largest absolute Gasteiger partial charge is 0.396 e. The number of unbranched alkanes of at least 4 members (excludes halogenated alkanes) is 1. The van der Waals surface area contributed by atoms with Crippen LogP contribution >= 0.6 is 0 Å². The van der Waals surface area contributed by atoms with Crippen molar-refractivity contribution < 1.29 is 5.11 Å². The molecular weight excluding hydrogens is 384 g/mol. The van der Waals surface area contributed by atoms with Crippen molar-refractivity contribution >= 4 is 16.7 Å². The van der Waals surface area contributed by atoms with Crippen LogP contribution in [-0.4, -0.2) is 30.9 Å². The molecule has 3 heterocycles. The Hall–Kier alpha value is -2.66. The molecule has 0 atom stereocenters. The van der Waals surface area contributed by atoms with Crippen molar-refractivity contribution in [2.75, 3.05) is 6.61 Å². The highest BCUT2D eigenvalue weighted by atomic mass is 16.2. The number of nitrogens with zero attached hydrogens (tertiary/aromatic N) is 4. The minimum Gasteiger partial charge on any atom is -0.396 e. The van der Waals surface area contributed by atoms with Crippen LogP contribution in [0.2, 0.25) is 0 Å². The molecule has 5 nitrogen and oxygen atoms in total. The third-order valence-electron chi connectivity index (χ3n) is 6.28. The minimum atomic E-state index is 0.231. The van der Waals surface area contributed by atoms with Crippen LogP contribution < -0.4 is 0 Å². The van der Waals surface area contributed by atoms with Crippen molar-refractivity contribution in [3.05, 3.63) is 52.0 Å². The van der Waals surface area contributed by atoms with Gasteiger partial charge in [-0.25, -0.2) is 4.98 Å². The molecule has 0 aliphatic carbocycles. The molecule has 1 aromatic carbocycles. The van der Waals surface area contributed by atoms with Crippen LogP contribution in [0.25, 0.3) is 27.8 Å². The van der Waals surface area contributed by atoms with Gasteiger partial charge in [0.25, 0.3) is 0 Å². The van der Waals surface area contributed by atoms with E-state index in [1.807, 2.05) is 0 Å². The number of hydrogen-bond acceptors (Lipinski definition) is 3. The SMILES string of the molecule is CCCc1cc2c(C)nc3c(-c4c(C)cc(C)cc4C)c(C)nn3c2n1CCCCO. The maximum absolute atomic E-state index is 9.30. The van der Waals surface area contributed by atoms with Gasteiger partial charge in [-0.2, -0.15) is 9.61 Å². The molecular formula is C26H34N4O. The van der Waals surface area contributed by atoms with Gasteiger partial charge in [-0.15, -0.1) is 0 Å². The first-order valence-corrected chi connectivity index (χ1v) is 11.4. The topological polar surface area (TPSA) is 55.4 Å². The molecule has 0 bridgehead atoms. The molecule has 0 aliphatic heterocycles. The fourth-order valence-corrected chi connectivity index (χ4v) is 5.03. The molecule has 164 valence electrons. The van der Waals surface area contributed by atoms with Gasteiger partial charge in [-0.05, 0) is 76.6 Å². The van der Waals surface area contributed by atoms with Crippen LogP contribution in [0.5, 0.6) is 0 Å². The zero-order valence-electron chi connectivity index (χ0n) is 19.7. The van der Waals surface area contributed by atoms with E-state index in [-0.39, 0.29) is 6.61 Å². The van der Waals surface area contributed by atoms with E-state index in [0.717, 1.165) is 60.5 Å². The maximum atomic E-state index is 9.30. The van der Waals surface area contributed by atoms with Crippen molar-refractivity contribution in [1.29, 1.82) is 0 Å². The Kier molecular flexibility index (Phi) is 5.89. The standard InChI is InChI=1S/C26H34N4O/c1-7-10-21-15-22-19(5)27-25-24(23-17(3)13-16(2)14-18(23)4)20(6)28-30(25)26(22)29(21)11-8-9-12-31/h13-15,31H,7-12H2,1-6H3. The monoisotopic (exact) mass is 418 g/mol. The summed E-state index contributed by atoms with van der Waals surface area (Å²) >= 11 is 0. The van der Waals surface area contributed by atoms with E-state index >= 15 is 0 Å². The number of rotatable bonds is 7. The van der Waals surface area contributed by atoms with Gasteiger partial charge >= 0.3 is 0 Å². The first kappa shape index (κ1) is 21.6. The molecule has 4 rings (SSSR count). The van der Waals surface area contributed by atoms with Crippen molar-refractivity contribution in [1.82, 2.24) is 19.2 Å². The third kappa shape index (κ3) is 3.65. The predicted molar refractivity (Wildman–Crippen MR) is 128 cm³/mol. The Bertz CT molecular complexity index is 1240. The van der Waals surface area contributed by atoms with E-state index in [0.29, 0.717) is 0 Å². The summed E-state index contributed by atoms with van der Waals surface area (Å²) in [6.07, 6.45) is 3.88. The van der Waals surface area contributed by atoms with E-state index in [1.54, 1.807) is 0 Å². The summed E-state index contributed by atoms with van der Waals surface area (Å²) in [4.78, 5) is 5.06. The van der Waals surface area contributed by atoms with Gasteiger partial charge in [0.05, 0.1) is 17.0 Å². The first-order valence-electron chi connectivity index (χ1n) is 11.4. The van der Waals surface area contributed by atoms with Gasteiger partial charge in [0.2, 0.25) is 0 Å². The molecule has 5 heteroatoms. The van der Waals surface area contributed by atoms with Crippen LogP contribution in [0.1, 0.15) is 60.0 Å². The summed E-state index contributed by atoms with van der Waals surface area (Å²) in [6, 6.07) is 6.78. The van der Waals surface area contributed by atoms with Gasteiger partial charge in [0.1, 0.15) is 5.65 Å². The normalized spacial score (nSPS) is 11.8. The average molecular weight is 419 g/mol. The lowest BCUT2D eigenvalue weighted by Crippen LogP contribution is -2.08. The molecule has 3 aromatic heterocycles. The Morgan fingerprint density at radius 3 is 2.26 bits per heavy atom. The first-order chi connectivity index (χ1) is 14.9. The maximum Gasteiger partial charge on any atom is 0.165 e. The van der Waals surface area contributed by atoms with Crippen molar-refractivity contribution in [3.8, 4) is 11.1 Å². The Morgan fingerprint density at radius 1 is 0.903 bits per heavy atom. The summed E-state index contributed by atoms with van der Waals surface area (Å²) in [7, 11) is 0. The number of hydrogen-bond donors (Lipinski definition) is 1. The second kappa shape index (κ2) is 8.46.